The molecule has 1 heterocycles. The molecule has 10 heavy (non-hydrogen) atoms. The summed E-state index contributed by atoms with van der Waals surface area (Å²) >= 11 is 0. The zero-order chi connectivity index (χ0) is 7.61. The van der Waals surface area contributed by atoms with Crippen LogP contribution in [0.3, 0.4) is 0 Å². The topological polar surface area (TPSA) is 35.5 Å². The lowest BCUT2D eigenvalue weighted by Gasteiger charge is -2.40. The average molecular weight is 144 g/mol. The number of likely N-dealkylation sites (N-methyl/N-ethyl adjacent to an activating group) is 1. The van der Waals surface area contributed by atoms with Crippen molar-refractivity contribution in [1.82, 2.24) is 10.2 Å². The standard InChI is InChI=1S/C7H16N2O/c1-3-9-5-4-8-6-7(9,2)10/h8,10H,3-6H2,1-2H3. The Bertz CT molecular complexity index is 114. The molecule has 60 valence electrons. The molecule has 1 unspecified atom stereocenters. The van der Waals surface area contributed by atoms with Gasteiger partial charge in [0.25, 0.3) is 0 Å². The molecule has 0 aliphatic carbocycles. The third kappa shape index (κ3) is 1.48. The lowest BCUT2D eigenvalue weighted by Crippen LogP contribution is -2.59. The van der Waals surface area contributed by atoms with Crippen molar-refractivity contribution in [2.75, 3.05) is 26.2 Å². The Hall–Kier alpha value is -0.120. The number of β-amino-alcohol motifs (C(OH)–C–C–N with tert-alkyl or cyclic N) is 1. The summed E-state index contributed by atoms with van der Waals surface area (Å²) in [5.74, 6) is 0. The van der Waals surface area contributed by atoms with Crippen LogP contribution in [0.2, 0.25) is 0 Å². The molecule has 1 atom stereocenters. The zero-order valence-corrected chi connectivity index (χ0v) is 6.72. The Balaban J connectivity index is 2.51. The van der Waals surface area contributed by atoms with Gasteiger partial charge < -0.3 is 10.4 Å². The van der Waals surface area contributed by atoms with Crippen molar-refractivity contribution in [1.29, 1.82) is 0 Å². The van der Waals surface area contributed by atoms with Crippen LogP contribution in [0, 0.1) is 0 Å². The minimum absolute atomic E-state index is 0.632. The Labute approximate surface area is 62.0 Å². The number of nitrogens with zero attached hydrogens (tertiary/aromatic N) is 1. The average Bonchev–Trinajstić information content (AvgIpc) is 1.87. The van der Waals surface area contributed by atoms with Crippen molar-refractivity contribution in [3.05, 3.63) is 0 Å². The fraction of sp³-hybridized carbons (Fsp3) is 1.00. The summed E-state index contributed by atoms with van der Waals surface area (Å²) in [5, 5.41) is 12.8. The molecule has 0 amide bonds. The van der Waals surface area contributed by atoms with Gasteiger partial charge in [-0.1, -0.05) is 6.92 Å². The first-order valence-electron chi connectivity index (χ1n) is 3.85. The maximum atomic E-state index is 9.70. The molecule has 1 fully saturated rings. The van der Waals surface area contributed by atoms with Gasteiger partial charge in [-0.2, -0.15) is 0 Å². The van der Waals surface area contributed by atoms with E-state index in [0.717, 1.165) is 19.6 Å². The highest BCUT2D eigenvalue weighted by molar-refractivity contribution is 4.81. The second-order valence-electron chi connectivity index (χ2n) is 2.97. The Morgan fingerprint density at radius 2 is 2.40 bits per heavy atom. The molecule has 1 rings (SSSR count). The van der Waals surface area contributed by atoms with E-state index < -0.39 is 5.72 Å². The number of rotatable bonds is 1. The lowest BCUT2D eigenvalue weighted by molar-refractivity contribution is -0.103. The number of piperazine rings is 1. The van der Waals surface area contributed by atoms with Crippen molar-refractivity contribution < 1.29 is 5.11 Å². The molecule has 0 spiro atoms. The van der Waals surface area contributed by atoms with Crippen molar-refractivity contribution in [3.8, 4) is 0 Å². The van der Waals surface area contributed by atoms with Gasteiger partial charge in [0, 0.05) is 19.6 Å². The highest BCUT2D eigenvalue weighted by Gasteiger charge is 2.29. The quantitative estimate of drug-likeness (QED) is 0.526. The number of hydrogen-bond acceptors (Lipinski definition) is 3. The maximum absolute atomic E-state index is 9.70. The van der Waals surface area contributed by atoms with Crippen LogP contribution in [0.4, 0.5) is 0 Å². The van der Waals surface area contributed by atoms with E-state index in [4.69, 9.17) is 0 Å². The summed E-state index contributed by atoms with van der Waals surface area (Å²) in [6.45, 7) is 7.46. The van der Waals surface area contributed by atoms with Crippen LogP contribution < -0.4 is 5.32 Å². The molecule has 0 aromatic heterocycles. The van der Waals surface area contributed by atoms with Gasteiger partial charge in [-0.05, 0) is 13.5 Å². The summed E-state index contributed by atoms with van der Waals surface area (Å²) in [5.41, 5.74) is -0.632. The van der Waals surface area contributed by atoms with Gasteiger partial charge >= 0.3 is 0 Å². The highest BCUT2D eigenvalue weighted by atomic mass is 16.3. The predicted molar refractivity (Wildman–Crippen MR) is 40.7 cm³/mol. The number of hydrogen-bond donors (Lipinski definition) is 2. The fourth-order valence-electron chi connectivity index (χ4n) is 1.39. The molecule has 1 saturated heterocycles. The van der Waals surface area contributed by atoms with Crippen LogP contribution in [0.15, 0.2) is 0 Å². The van der Waals surface area contributed by atoms with E-state index >= 15 is 0 Å². The largest absolute Gasteiger partial charge is 0.375 e. The molecule has 2 N–H and O–H groups in total. The molecule has 0 saturated carbocycles. The smallest absolute Gasteiger partial charge is 0.128 e. The minimum Gasteiger partial charge on any atom is -0.375 e. The van der Waals surface area contributed by atoms with E-state index in [0.29, 0.717) is 6.54 Å². The van der Waals surface area contributed by atoms with Crippen molar-refractivity contribution in [3.63, 3.8) is 0 Å². The van der Waals surface area contributed by atoms with Gasteiger partial charge in [0.1, 0.15) is 5.72 Å². The van der Waals surface area contributed by atoms with Crippen LogP contribution in [-0.4, -0.2) is 41.9 Å². The highest BCUT2D eigenvalue weighted by Crippen LogP contribution is 2.11. The van der Waals surface area contributed by atoms with Crippen molar-refractivity contribution in [2.24, 2.45) is 0 Å². The number of aliphatic hydroxyl groups is 1. The fourth-order valence-corrected chi connectivity index (χ4v) is 1.39. The third-order valence-corrected chi connectivity index (χ3v) is 2.08. The van der Waals surface area contributed by atoms with E-state index in [2.05, 4.69) is 17.1 Å². The van der Waals surface area contributed by atoms with Crippen LogP contribution in [0.5, 0.6) is 0 Å². The second-order valence-corrected chi connectivity index (χ2v) is 2.97. The molecule has 1 aliphatic heterocycles. The van der Waals surface area contributed by atoms with Gasteiger partial charge in [0.2, 0.25) is 0 Å². The first kappa shape index (κ1) is 7.98. The van der Waals surface area contributed by atoms with Crippen molar-refractivity contribution in [2.45, 2.75) is 19.6 Å². The lowest BCUT2D eigenvalue weighted by atomic mass is 10.1. The summed E-state index contributed by atoms with van der Waals surface area (Å²) < 4.78 is 0. The Morgan fingerprint density at radius 1 is 1.70 bits per heavy atom. The number of nitrogens with one attached hydrogen (secondary N) is 1. The molecular weight excluding hydrogens is 128 g/mol. The van der Waals surface area contributed by atoms with E-state index in [1.165, 1.54) is 0 Å². The van der Waals surface area contributed by atoms with Crippen molar-refractivity contribution >= 4 is 0 Å². The van der Waals surface area contributed by atoms with Gasteiger partial charge in [0.05, 0.1) is 0 Å². The summed E-state index contributed by atoms with van der Waals surface area (Å²) in [6.07, 6.45) is 0. The predicted octanol–water partition coefficient (Wildman–Crippen LogP) is -0.380. The second kappa shape index (κ2) is 2.86. The van der Waals surface area contributed by atoms with E-state index in [9.17, 15) is 5.11 Å². The summed E-state index contributed by atoms with van der Waals surface area (Å²) in [4.78, 5) is 2.07. The van der Waals surface area contributed by atoms with Crippen LogP contribution in [0.25, 0.3) is 0 Å². The third-order valence-electron chi connectivity index (χ3n) is 2.08. The molecule has 3 heteroatoms. The first-order valence-corrected chi connectivity index (χ1v) is 3.85. The first-order chi connectivity index (χ1) is 4.67. The van der Waals surface area contributed by atoms with E-state index in [1.807, 2.05) is 6.92 Å². The Morgan fingerprint density at radius 3 is 2.80 bits per heavy atom. The van der Waals surface area contributed by atoms with Gasteiger partial charge in [0.15, 0.2) is 0 Å². The van der Waals surface area contributed by atoms with Crippen LogP contribution >= 0.6 is 0 Å². The van der Waals surface area contributed by atoms with E-state index in [1.54, 1.807) is 0 Å². The molecule has 0 aromatic carbocycles. The van der Waals surface area contributed by atoms with Gasteiger partial charge in [-0.15, -0.1) is 0 Å². The maximum Gasteiger partial charge on any atom is 0.128 e. The summed E-state index contributed by atoms with van der Waals surface area (Å²) in [7, 11) is 0. The molecule has 0 aromatic rings. The normalized spacial score (nSPS) is 36.3. The van der Waals surface area contributed by atoms with E-state index in [-0.39, 0.29) is 0 Å². The Kier molecular flexibility index (Phi) is 2.28. The van der Waals surface area contributed by atoms with Crippen LogP contribution in [0.1, 0.15) is 13.8 Å². The summed E-state index contributed by atoms with van der Waals surface area (Å²) in [6, 6.07) is 0. The monoisotopic (exact) mass is 144 g/mol. The molecule has 1 aliphatic rings. The van der Waals surface area contributed by atoms with Gasteiger partial charge in [-0.25, -0.2) is 0 Å². The minimum atomic E-state index is -0.632. The zero-order valence-electron chi connectivity index (χ0n) is 6.72. The molecule has 0 radical (unpaired) electrons. The van der Waals surface area contributed by atoms with Crippen LogP contribution in [-0.2, 0) is 0 Å². The molecular formula is C7H16N2O. The molecule has 0 bridgehead atoms. The SMILES string of the molecule is CCN1CCNCC1(C)O. The molecule has 3 nitrogen and oxygen atoms in total. The van der Waals surface area contributed by atoms with Gasteiger partial charge in [-0.3, -0.25) is 4.90 Å².